The van der Waals surface area contributed by atoms with Crippen LogP contribution in [0.15, 0.2) is 30.2 Å². The topological polar surface area (TPSA) is 75.5 Å². The molecule has 0 aromatic carbocycles. The van der Waals surface area contributed by atoms with Crippen LogP contribution in [0.5, 0.6) is 0 Å². The van der Waals surface area contributed by atoms with Gasteiger partial charge in [-0.05, 0) is 12.8 Å². The minimum Gasteiger partial charge on any atom is -0.339 e. The van der Waals surface area contributed by atoms with Gasteiger partial charge in [0.05, 0.1) is 6.33 Å². The third-order valence-corrected chi connectivity index (χ3v) is 6.22. The molecule has 0 spiro atoms. The van der Waals surface area contributed by atoms with Crippen LogP contribution >= 0.6 is 0 Å². The fourth-order valence-corrected chi connectivity index (χ4v) is 5.09. The summed E-state index contributed by atoms with van der Waals surface area (Å²) in [4.78, 5) is 17.8. The Morgan fingerprint density at radius 1 is 1.41 bits per heavy atom. The number of aromatic nitrogens is 2. The number of carbonyl (C=O) groups is 1. The van der Waals surface area contributed by atoms with Crippen LogP contribution in [0.3, 0.4) is 0 Å². The number of aryl methyl sites for hydroxylation is 1. The van der Waals surface area contributed by atoms with Crippen molar-refractivity contribution in [3.63, 3.8) is 0 Å². The van der Waals surface area contributed by atoms with Gasteiger partial charge in [0.2, 0.25) is 5.91 Å². The van der Waals surface area contributed by atoms with Gasteiger partial charge < -0.3 is 9.47 Å². The minimum absolute atomic E-state index is 0.0577. The molecule has 120 valence electrons. The maximum Gasteiger partial charge on any atom is 0.262 e. The number of carbonyl (C=O) groups excluding carboxylic acids is 1. The Balaban J connectivity index is 1.88. The number of sulfonamides is 1. The molecule has 3 rings (SSSR count). The molecule has 3 heterocycles. The number of piperidine rings is 1. The van der Waals surface area contributed by atoms with Gasteiger partial charge in [0, 0.05) is 44.8 Å². The van der Waals surface area contributed by atoms with Crippen LogP contribution in [0.25, 0.3) is 0 Å². The molecule has 1 aromatic rings. The lowest BCUT2D eigenvalue weighted by molar-refractivity contribution is -0.136. The summed E-state index contributed by atoms with van der Waals surface area (Å²) >= 11 is 0. The van der Waals surface area contributed by atoms with E-state index < -0.39 is 10.0 Å². The fourth-order valence-electron chi connectivity index (χ4n) is 3.43. The van der Waals surface area contributed by atoms with E-state index in [1.807, 2.05) is 0 Å². The summed E-state index contributed by atoms with van der Waals surface area (Å²) in [5, 5.41) is 0.0721. The van der Waals surface area contributed by atoms with Gasteiger partial charge in [-0.25, -0.2) is 13.4 Å². The molecule has 0 N–H and O–H groups in total. The first-order valence-corrected chi connectivity index (χ1v) is 8.79. The molecule has 0 unspecified atom stereocenters. The summed E-state index contributed by atoms with van der Waals surface area (Å²) in [6, 6.07) is -0.220. The van der Waals surface area contributed by atoms with Gasteiger partial charge in [-0.1, -0.05) is 6.08 Å². The number of hydrogen-bond acceptors (Lipinski definition) is 4. The van der Waals surface area contributed by atoms with Crippen molar-refractivity contribution < 1.29 is 13.2 Å². The predicted octanol–water partition coefficient (Wildman–Crippen LogP) is 0.360. The van der Waals surface area contributed by atoms with Gasteiger partial charge >= 0.3 is 0 Å². The molecule has 0 radical (unpaired) electrons. The number of hydrogen-bond donors (Lipinski definition) is 0. The van der Waals surface area contributed by atoms with E-state index in [1.54, 1.807) is 22.6 Å². The number of imidazole rings is 1. The number of amides is 1. The first-order chi connectivity index (χ1) is 10.4. The molecule has 0 saturated carbocycles. The molecule has 2 saturated heterocycles. The summed E-state index contributed by atoms with van der Waals surface area (Å²) in [5.74, 6) is 0.0817. The molecule has 2 atom stereocenters. The summed E-state index contributed by atoms with van der Waals surface area (Å²) in [6.45, 7) is 4.58. The summed E-state index contributed by atoms with van der Waals surface area (Å²) in [7, 11) is -1.87. The van der Waals surface area contributed by atoms with E-state index in [1.165, 1.54) is 16.8 Å². The van der Waals surface area contributed by atoms with Crippen LogP contribution in [-0.4, -0.2) is 58.3 Å². The first-order valence-electron chi connectivity index (χ1n) is 7.35. The van der Waals surface area contributed by atoms with Crippen LogP contribution in [0.1, 0.15) is 19.3 Å². The van der Waals surface area contributed by atoms with Gasteiger partial charge in [0.1, 0.15) is 0 Å². The first kappa shape index (κ1) is 15.2. The molecule has 22 heavy (non-hydrogen) atoms. The molecule has 2 aliphatic heterocycles. The Morgan fingerprint density at radius 2 is 2.18 bits per heavy atom. The van der Waals surface area contributed by atoms with E-state index >= 15 is 0 Å². The molecule has 8 heteroatoms. The van der Waals surface area contributed by atoms with Gasteiger partial charge in [-0.3, -0.25) is 4.79 Å². The van der Waals surface area contributed by atoms with Crippen molar-refractivity contribution in [2.24, 2.45) is 7.05 Å². The van der Waals surface area contributed by atoms with Gasteiger partial charge in [-0.2, -0.15) is 4.31 Å². The lowest BCUT2D eigenvalue weighted by atomic mass is 9.97. The Morgan fingerprint density at radius 3 is 2.82 bits per heavy atom. The fraction of sp³-hybridized carbons (Fsp3) is 0.571. The Kier molecular flexibility index (Phi) is 3.82. The smallest absolute Gasteiger partial charge is 0.262 e. The number of likely N-dealkylation sites (tertiary alicyclic amines) is 1. The van der Waals surface area contributed by atoms with E-state index in [-0.39, 0.29) is 23.0 Å². The lowest BCUT2D eigenvalue weighted by Gasteiger charge is -2.38. The van der Waals surface area contributed by atoms with Crippen molar-refractivity contribution in [2.75, 3.05) is 13.1 Å². The van der Waals surface area contributed by atoms with Crippen molar-refractivity contribution in [3.05, 3.63) is 25.2 Å². The molecule has 0 bridgehead atoms. The molecule has 1 aromatic heterocycles. The quantitative estimate of drug-likeness (QED) is 0.750. The highest BCUT2D eigenvalue weighted by Gasteiger charge is 2.47. The summed E-state index contributed by atoms with van der Waals surface area (Å²) < 4.78 is 28.7. The molecule has 0 aliphatic carbocycles. The lowest BCUT2D eigenvalue weighted by Crippen LogP contribution is -2.53. The summed E-state index contributed by atoms with van der Waals surface area (Å²) in [6.07, 6.45) is 6.30. The molecule has 2 aliphatic rings. The normalized spacial score (nSPS) is 26.2. The number of rotatable bonds is 4. The number of fused-ring (bicyclic) bond motifs is 1. The molecular weight excluding hydrogens is 304 g/mol. The molecular formula is C14H20N4O3S. The van der Waals surface area contributed by atoms with Crippen molar-refractivity contribution >= 4 is 15.9 Å². The van der Waals surface area contributed by atoms with Crippen LogP contribution in [0.4, 0.5) is 0 Å². The van der Waals surface area contributed by atoms with Crippen molar-refractivity contribution in [2.45, 2.75) is 36.4 Å². The van der Waals surface area contributed by atoms with Gasteiger partial charge in [-0.15, -0.1) is 6.58 Å². The SMILES string of the molecule is C=CCN1C(=O)CC[C@H]2[C@@H]1CCN2S(=O)(=O)c1cn(C)cn1. The second-order valence-corrected chi connectivity index (χ2v) is 7.63. The Bertz CT molecular complexity index is 697. The Hall–Kier alpha value is -1.67. The largest absolute Gasteiger partial charge is 0.339 e. The second-order valence-electron chi connectivity index (χ2n) is 5.79. The highest BCUT2D eigenvalue weighted by molar-refractivity contribution is 7.89. The maximum atomic E-state index is 12.8. The van der Waals surface area contributed by atoms with Crippen molar-refractivity contribution in [1.82, 2.24) is 18.8 Å². The van der Waals surface area contributed by atoms with E-state index in [9.17, 15) is 13.2 Å². The zero-order chi connectivity index (χ0) is 15.9. The van der Waals surface area contributed by atoms with Crippen molar-refractivity contribution in [3.8, 4) is 0 Å². The van der Waals surface area contributed by atoms with Crippen LogP contribution in [-0.2, 0) is 21.9 Å². The van der Waals surface area contributed by atoms with Crippen molar-refractivity contribution in [1.29, 1.82) is 0 Å². The molecule has 2 fully saturated rings. The van der Waals surface area contributed by atoms with Crippen LogP contribution in [0.2, 0.25) is 0 Å². The summed E-state index contributed by atoms with van der Waals surface area (Å²) in [5.41, 5.74) is 0. The monoisotopic (exact) mass is 324 g/mol. The average molecular weight is 324 g/mol. The predicted molar refractivity (Wildman–Crippen MR) is 80.4 cm³/mol. The van der Waals surface area contributed by atoms with E-state index in [4.69, 9.17) is 0 Å². The molecule has 1 amide bonds. The van der Waals surface area contributed by atoms with E-state index in [0.717, 1.165) is 0 Å². The van der Waals surface area contributed by atoms with Gasteiger partial charge in [0.25, 0.3) is 10.0 Å². The maximum absolute atomic E-state index is 12.8. The van der Waals surface area contributed by atoms with Gasteiger partial charge in [0.15, 0.2) is 5.03 Å². The van der Waals surface area contributed by atoms with E-state index in [0.29, 0.717) is 32.4 Å². The standard InChI is InChI=1S/C14H20N4O3S/c1-3-7-17-11-6-8-18(12(11)4-5-14(17)19)22(20,21)13-9-16(2)10-15-13/h3,9-12H,1,4-8H2,2H3/t11-,12-/m0/s1. The minimum atomic E-state index is -3.61. The average Bonchev–Trinajstić information content (AvgIpc) is 3.08. The van der Waals surface area contributed by atoms with Crippen LogP contribution in [0, 0.1) is 0 Å². The third-order valence-electron chi connectivity index (χ3n) is 4.41. The highest BCUT2D eigenvalue weighted by atomic mass is 32.2. The zero-order valence-electron chi connectivity index (χ0n) is 12.6. The zero-order valence-corrected chi connectivity index (χ0v) is 13.4. The van der Waals surface area contributed by atoms with E-state index in [2.05, 4.69) is 11.6 Å². The number of nitrogens with zero attached hydrogens (tertiary/aromatic N) is 4. The van der Waals surface area contributed by atoms with Crippen LogP contribution < -0.4 is 0 Å². The molecule has 7 nitrogen and oxygen atoms in total. The Labute approximate surface area is 130 Å². The second kappa shape index (κ2) is 5.51. The third kappa shape index (κ3) is 2.36. The highest BCUT2D eigenvalue weighted by Crippen LogP contribution is 2.34.